The van der Waals surface area contributed by atoms with Crippen molar-refractivity contribution in [3.8, 4) is 17.0 Å². The van der Waals surface area contributed by atoms with Crippen molar-refractivity contribution in [2.45, 2.75) is 0 Å². The average Bonchev–Trinajstić information content (AvgIpc) is 2.75. The molecule has 86 valence electrons. The zero-order chi connectivity index (χ0) is 11.8. The molecule has 1 aromatic carbocycles. The first-order valence-corrected chi connectivity index (χ1v) is 5.88. The van der Waals surface area contributed by atoms with Crippen LogP contribution in [0.5, 0.6) is 5.75 Å². The van der Waals surface area contributed by atoms with Crippen LogP contribution in [-0.2, 0) is 4.79 Å². The highest BCUT2D eigenvalue weighted by atomic mass is 32.1. The van der Waals surface area contributed by atoms with Crippen LogP contribution in [0.2, 0.25) is 0 Å². The maximum atomic E-state index is 11.1. The smallest absolute Gasteiger partial charge is 0.262 e. The number of anilines is 2. The van der Waals surface area contributed by atoms with E-state index < -0.39 is 0 Å². The zero-order valence-corrected chi connectivity index (χ0v) is 9.58. The minimum Gasteiger partial charge on any atom is -0.482 e. The predicted molar refractivity (Wildman–Crippen MR) is 66.1 cm³/mol. The molecule has 3 N–H and O–H groups in total. The van der Waals surface area contributed by atoms with E-state index in [2.05, 4.69) is 10.3 Å². The van der Waals surface area contributed by atoms with Gasteiger partial charge in [0.2, 0.25) is 0 Å². The quantitative estimate of drug-likeness (QED) is 0.804. The third kappa shape index (κ3) is 1.83. The Kier molecular flexibility index (Phi) is 2.22. The summed E-state index contributed by atoms with van der Waals surface area (Å²) < 4.78 is 5.34. The monoisotopic (exact) mass is 247 g/mol. The summed E-state index contributed by atoms with van der Waals surface area (Å²) in [7, 11) is 0. The van der Waals surface area contributed by atoms with Crippen molar-refractivity contribution in [1.82, 2.24) is 4.98 Å². The van der Waals surface area contributed by atoms with Gasteiger partial charge in [0.05, 0.1) is 11.4 Å². The van der Waals surface area contributed by atoms with Gasteiger partial charge in [-0.05, 0) is 12.1 Å². The largest absolute Gasteiger partial charge is 0.482 e. The van der Waals surface area contributed by atoms with Crippen LogP contribution in [0.25, 0.3) is 11.3 Å². The van der Waals surface area contributed by atoms with E-state index in [0.29, 0.717) is 16.6 Å². The number of rotatable bonds is 1. The van der Waals surface area contributed by atoms with E-state index >= 15 is 0 Å². The summed E-state index contributed by atoms with van der Waals surface area (Å²) >= 11 is 1.39. The normalized spacial score (nSPS) is 13.8. The molecule has 1 amide bonds. The molecule has 1 aliphatic heterocycles. The summed E-state index contributed by atoms with van der Waals surface area (Å²) in [4.78, 5) is 15.3. The van der Waals surface area contributed by atoms with Gasteiger partial charge in [-0.15, -0.1) is 11.3 Å². The van der Waals surface area contributed by atoms with Crippen molar-refractivity contribution in [3.05, 3.63) is 23.6 Å². The Morgan fingerprint density at radius 3 is 3.12 bits per heavy atom. The van der Waals surface area contributed by atoms with Gasteiger partial charge < -0.3 is 15.8 Å². The fourth-order valence-electron chi connectivity index (χ4n) is 1.65. The van der Waals surface area contributed by atoms with Gasteiger partial charge in [-0.2, -0.15) is 0 Å². The highest BCUT2D eigenvalue weighted by Gasteiger charge is 2.16. The van der Waals surface area contributed by atoms with Gasteiger partial charge in [0.25, 0.3) is 5.91 Å². The van der Waals surface area contributed by atoms with Crippen molar-refractivity contribution < 1.29 is 9.53 Å². The van der Waals surface area contributed by atoms with Gasteiger partial charge in [-0.3, -0.25) is 4.79 Å². The van der Waals surface area contributed by atoms with Gasteiger partial charge in [-0.25, -0.2) is 4.98 Å². The number of amides is 1. The van der Waals surface area contributed by atoms with Crippen molar-refractivity contribution in [2.24, 2.45) is 0 Å². The topological polar surface area (TPSA) is 77.2 Å². The molecule has 3 rings (SSSR count). The summed E-state index contributed by atoms with van der Waals surface area (Å²) in [6.07, 6.45) is 0. The molecule has 0 radical (unpaired) electrons. The van der Waals surface area contributed by atoms with Gasteiger partial charge in [0, 0.05) is 10.9 Å². The highest BCUT2D eigenvalue weighted by molar-refractivity contribution is 7.13. The molecule has 0 unspecified atom stereocenters. The number of carbonyl (C=O) groups excluding carboxylic acids is 1. The van der Waals surface area contributed by atoms with E-state index in [0.717, 1.165) is 11.3 Å². The number of nitrogens with one attached hydrogen (secondary N) is 1. The van der Waals surface area contributed by atoms with E-state index in [1.54, 1.807) is 6.07 Å². The molecule has 1 aromatic heterocycles. The Morgan fingerprint density at radius 1 is 1.47 bits per heavy atom. The van der Waals surface area contributed by atoms with E-state index in [1.807, 2.05) is 17.5 Å². The van der Waals surface area contributed by atoms with Gasteiger partial charge >= 0.3 is 0 Å². The summed E-state index contributed by atoms with van der Waals surface area (Å²) in [6, 6.07) is 5.53. The van der Waals surface area contributed by atoms with Crippen LogP contribution < -0.4 is 15.8 Å². The molecule has 6 heteroatoms. The lowest BCUT2D eigenvalue weighted by Crippen LogP contribution is -2.25. The Morgan fingerprint density at radius 2 is 2.35 bits per heavy atom. The van der Waals surface area contributed by atoms with Crippen LogP contribution in [0.3, 0.4) is 0 Å². The summed E-state index contributed by atoms with van der Waals surface area (Å²) in [5.74, 6) is 0.525. The SMILES string of the molecule is Nc1nc(-c2ccc3c(c2)OCC(=O)N3)cs1. The van der Waals surface area contributed by atoms with Crippen LogP contribution in [-0.4, -0.2) is 17.5 Å². The lowest BCUT2D eigenvalue weighted by molar-refractivity contribution is -0.118. The standard InChI is InChI=1S/C11H9N3O2S/c12-11-14-8(5-17-11)6-1-2-7-9(3-6)16-4-10(15)13-7/h1-3,5H,4H2,(H2,12,14)(H,13,15). The fourth-order valence-corrected chi connectivity index (χ4v) is 2.23. The maximum absolute atomic E-state index is 11.1. The molecule has 2 heterocycles. The van der Waals surface area contributed by atoms with Crippen LogP contribution in [0.4, 0.5) is 10.8 Å². The molecule has 0 fully saturated rings. The predicted octanol–water partition coefficient (Wildman–Crippen LogP) is 1.72. The number of nitrogens with zero attached hydrogens (tertiary/aromatic N) is 1. The molecule has 1 aliphatic rings. The summed E-state index contributed by atoms with van der Waals surface area (Å²) in [6.45, 7) is 0.0512. The first-order chi connectivity index (χ1) is 8.22. The van der Waals surface area contributed by atoms with Gasteiger partial charge in [0.1, 0.15) is 5.75 Å². The fraction of sp³-hybridized carbons (Fsp3) is 0.0909. The number of ether oxygens (including phenoxy) is 1. The molecule has 5 nitrogen and oxygen atoms in total. The zero-order valence-electron chi connectivity index (χ0n) is 8.77. The Labute approximate surface area is 101 Å². The third-order valence-electron chi connectivity index (χ3n) is 2.43. The molecule has 0 aliphatic carbocycles. The molecule has 17 heavy (non-hydrogen) atoms. The van der Waals surface area contributed by atoms with Crippen molar-refractivity contribution in [1.29, 1.82) is 0 Å². The summed E-state index contributed by atoms with van der Waals surface area (Å²) in [5, 5.41) is 5.16. The number of aromatic nitrogens is 1. The molecule has 0 bridgehead atoms. The first kappa shape index (κ1) is 10.1. The van der Waals surface area contributed by atoms with Crippen molar-refractivity contribution in [3.63, 3.8) is 0 Å². The Balaban J connectivity index is 2.01. The molecule has 0 saturated heterocycles. The van der Waals surface area contributed by atoms with Crippen LogP contribution in [0.1, 0.15) is 0 Å². The molecule has 2 aromatic rings. The second-order valence-corrected chi connectivity index (χ2v) is 4.51. The number of fused-ring (bicyclic) bond motifs is 1. The van der Waals surface area contributed by atoms with E-state index in [-0.39, 0.29) is 12.5 Å². The Bertz CT molecular complexity index is 594. The van der Waals surface area contributed by atoms with E-state index in [4.69, 9.17) is 10.5 Å². The third-order valence-corrected chi connectivity index (χ3v) is 3.11. The van der Waals surface area contributed by atoms with E-state index in [1.165, 1.54) is 11.3 Å². The number of nitrogens with two attached hydrogens (primary N) is 1. The first-order valence-electron chi connectivity index (χ1n) is 5.00. The second-order valence-electron chi connectivity index (χ2n) is 3.62. The number of benzene rings is 1. The molecular weight excluding hydrogens is 238 g/mol. The minimum atomic E-state index is -0.136. The molecule has 0 saturated carbocycles. The summed E-state index contributed by atoms with van der Waals surface area (Å²) in [5.41, 5.74) is 8.02. The number of carbonyl (C=O) groups is 1. The van der Waals surface area contributed by atoms with Crippen molar-refractivity contribution >= 4 is 28.1 Å². The molecular formula is C11H9N3O2S. The average molecular weight is 247 g/mol. The van der Waals surface area contributed by atoms with Crippen LogP contribution >= 0.6 is 11.3 Å². The second kappa shape index (κ2) is 3.74. The van der Waals surface area contributed by atoms with Gasteiger partial charge in [0.15, 0.2) is 11.7 Å². The number of thiazole rings is 1. The Hall–Kier alpha value is -2.08. The highest BCUT2D eigenvalue weighted by Crippen LogP contribution is 2.33. The van der Waals surface area contributed by atoms with Crippen molar-refractivity contribution in [2.75, 3.05) is 17.7 Å². The number of hydrogen-bond donors (Lipinski definition) is 2. The molecule has 0 spiro atoms. The van der Waals surface area contributed by atoms with Crippen LogP contribution in [0.15, 0.2) is 23.6 Å². The lowest BCUT2D eigenvalue weighted by Gasteiger charge is -2.18. The number of nitrogen functional groups attached to an aromatic ring is 1. The van der Waals surface area contributed by atoms with Gasteiger partial charge in [-0.1, -0.05) is 6.07 Å². The lowest BCUT2D eigenvalue weighted by atomic mass is 10.1. The minimum absolute atomic E-state index is 0.0512. The van der Waals surface area contributed by atoms with E-state index in [9.17, 15) is 4.79 Å². The number of hydrogen-bond acceptors (Lipinski definition) is 5. The van der Waals surface area contributed by atoms with Crippen LogP contribution in [0, 0.1) is 0 Å². The molecule has 0 atom stereocenters. The maximum Gasteiger partial charge on any atom is 0.262 e.